The molecule has 0 spiro atoms. The number of hydrogen-bond acceptors (Lipinski definition) is 4. The van der Waals surface area contributed by atoms with Crippen molar-refractivity contribution >= 4 is 29.5 Å². The lowest BCUT2D eigenvalue weighted by molar-refractivity contribution is -0.126. The monoisotopic (exact) mass is 477 g/mol. The molecule has 2 amide bonds. The first-order valence-electron chi connectivity index (χ1n) is 11.4. The van der Waals surface area contributed by atoms with Crippen LogP contribution in [0, 0.1) is 6.92 Å². The number of amides is 2. The molecule has 34 heavy (non-hydrogen) atoms. The molecule has 2 aromatic heterocycles. The number of aryl methyl sites for hydroxylation is 3. The highest BCUT2D eigenvalue weighted by atomic mass is 35.5. The van der Waals surface area contributed by atoms with Gasteiger partial charge in [0.05, 0.1) is 5.69 Å². The second-order valence-corrected chi connectivity index (χ2v) is 8.78. The number of benzene rings is 1. The maximum absolute atomic E-state index is 12.8. The molecule has 0 saturated carbocycles. The van der Waals surface area contributed by atoms with Gasteiger partial charge in [0.2, 0.25) is 5.91 Å². The number of nitrogens with zero attached hydrogens (tertiary/aromatic N) is 4. The van der Waals surface area contributed by atoms with Gasteiger partial charge >= 0.3 is 0 Å². The minimum absolute atomic E-state index is 0.0658. The molecule has 7 nitrogen and oxygen atoms in total. The lowest BCUT2D eigenvalue weighted by Gasteiger charge is -2.30. The van der Waals surface area contributed by atoms with Gasteiger partial charge in [-0.1, -0.05) is 36.7 Å². The first kappa shape index (κ1) is 23.7. The number of pyridine rings is 1. The summed E-state index contributed by atoms with van der Waals surface area (Å²) in [4.78, 5) is 31.9. The van der Waals surface area contributed by atoms with Crippen molar-refractivity contribution in [3.63, 3.8) is 0 Å². The van der Waals surface area contributed by atoms with E-state index in [9.17, 15) is 9.59 Å². The average Bonchev–Trinajstić information content (AvgIpc) is 3.23. The van der Waals surface area contributed by atoms with E-state index in [2.05, 4.69) is 15.4 Å². The van der Waals surface area contributed by atoms with Crippen LogP contribution in [0.1, 0.15) is 51.1 Å². The van der Waals surface area contributed by atoms with Gasteiger partial charge < -0.3 is 10.2 Å². The van der Waals surface area contributed by atoms with Crippen molar-refractivity contribution in [1.82, 2.24) is 25.0 Å². The molecule has 1 aliphatic heterocycles. The van der Waals surface area contributed by atoms with Gasteiger partial charge in [-0.15, -0.1) is 0 Å². The highest BCUT2D eigenvalue weighted by molar-refractivity contribution is 6.32. The van der Waals surface area contributed by atoms with E-state index in [0.29, 0.717) is 36.8 Å². The fraction of sp³-hybridized carbons (Fsp3) is 0.308. The third-order valence-corrected chi connectivity index (χ3v) is 6.51. The third-order valence-electron chi connectivity index (χ3n) is 6.17. The summed E-state index contributed by atoms with van der Waals surface area (Å²) in [6.45, 7) is 5.43. The van der Waals surface area contributed by atoms with Crippen LogP contribution in [-0.2, 0) is 37.8 Å². The van der Waals surface area contributed by atoms with Gasteiger partial charge in [0.25, 0.3) is 5.91 Å². The molecule has 3 heterocycles. The summed E-state index contributed by atoms with van der Waals surface area (Å²) in [6, 6.07) is 9.24. The molecule has 176 valence electrons. The number of hydrogen-bond donors (Lipinski definition) is 1. The number of aromatic nitrogens is 3. The summed E-state index contributed by atoms with van der Waals surface area (Å²) < 4.78 is 1.61. The molecule has 1 aromatic carbocycles. The average molecular weight is 478 g/mol. The van der Waals surface area contributed by atoms with Crippen molar-refractivity contribution in [2.45, 2.75) is 39.8 Å². The Hall–Kier alpha value is -3.45. The first-order valence-corrected chi connectivity index (χ1v) is 11.7. The second kappa shape index (κ2) is 10.2. The number of carbonyl (C=O) groups is 2. The molecule has 4 rings (SSSR count). The maximum atomic E-state index is 12.8. The lowest BCUT2D eigenvalue weighted by Crippen LogP contribution is -2.36. The van der Waals surface area contributed by atoms with E-state index in [0.717, 1.165) is 40.1 Å². The van der Waals surface area contributed by atoms with Crippen LogP contribution in [0.3, 0.4) is 0 Å². The van der Waals surface area contributed by atoms with Crippen LogP contribution in [0.4, 0.5) is 0 Å². The molecule has 0 aliphatic carbocycles. The molecule has 0 unspecified atom stereocenters. The maximum Gasteiger partial charge on any atom is 0.269 e. The summed E-state index contributed by atoms with van der Waals surface area (Å²) in [5.74, 6) is -0.229. The fourth-order valence-electron chi connectivity index (χ4n) is 4.19. The van der Waals surface area contributed by atoms with Crippen molar-refractivity contribution in [3.8, 4) is 0 Å². The largest absolute Gasteiger partial charge is 0.347 e. The number of nitrogens with one attached hydrogen (secondary N) is 1. The van der Waals surface area contributed by atoms with Crippen molar-refractivity contribution < 1.29 is 9.59 Å². The van der Waals surface area contributed by atoms with E-state index in [1.807, 2.05) is 44.3 Å². The number of halogens is 1. The summed E-state index contributed by atoms with van der Waals surface area (Å²) in [5, 5.41) is 7.98. The SMILES string of the molecule is CCc1cc(C(=O)NCc2c(C)ncc3c2CCN(C(=O)C=Cc2ccccc2Cl)C3)n(C)n1. The highest BCUT2D eigenvalue weighted by Crippen LogP contribution is 2.25. The fourth-order valence-corrected chi connectivity index (χ4v) is 4.39. The van der Waals surface area contributed by atoms with Gasteiger partial charge in [-0.2, -0.15) is 5.10 Å². The van der Waals surface area contributed by atoms with E-state index < -0.39 is 0 Å². The molecule has 0 bridgehead atoms. The number of carbonyl (C=O) groups excluding carboxylic acids is 2. The minimum atomic E-state index is -0.163. The summed E-state index contributed by atoms with van der Waals surface area (Å²) in [5.41, 5.74) is 6.30. The molecule has 8 heteroatoms. The molecule has 0 saturated heterocycles. The van der Waals surface area contributed by atoms with Crippen LogP contribution in [0.5, 0.6) is 0 Å². The normalized spacial score (nSPS) is 13.2. The third kappa shape index (κ3) is 5.04. The second-order valence-electron chi connectivity index (χ2n) is 8.37. The van der Waals surface area contributed by atoms with E-state index >= 15 is 0 Å². The topological polar surface area (TPSA) is 80.1 Å². The molecule has 1 aliphatic rings. The molecule has 0 fully saturated rings. The van der Waals surface area contributed by atoms with Gasteiger partial charge in [0, 0.05) is 49.7 Å². The summed E-state index contributed by atoms with van der Waals surface area (Å²) in [6.07, 6.45) is 6.63. The predicted molar refractivity (Wildman–Crippen MR) is 132 cm³/mol. The van der Waals surface area contributed by atoms with Crippen molar-refractivity contribution in [2.75, 3.05) is 6.54 Å². The Morgan fingerprint density at radius 3 is 2.79 bits per heavy atom. The van der Waals surface area contributed by atoms with Crippen LogP contribution < -0.4 is 5.32 Å². The molecule has 3 aromatic rings. The van der Waals surface area contributed by atoms with Gasteiger partial charge in [-0.05, 0) is 60.2 Å². The quantitative estimate of drug-likeness (QED) is 0.546. The smallest absolute Gasteiger partial charge is 0.269 e. The minimum Gasteiger partial charge on any atom is -0.347 e. The van der Waals surface area contributed by atoms with Crippen molar-refractivity contribution in [3.05, 3.63) is 87.0 Å². The molecular formula is C26H28ClN5O2. The van der Waals surface area contributed by atoms with Crippen LogP contribution in [0.25, 0.3) is 6.08 Å². The first-order chi connectivity index (χ1) is 16.4. The van der Waals surface area contributed by atoms with Crippen LogP contribution in [0.2, 0.25) is 5.02 Å². The zero-order valence-corrected chi connectivity index (χ0v) is 20.4. The Morgan fingerprint density at radius 2 is 2.06 bits per heavy atom. The molecule has 0 atom stereocenters. The van der Waals surface area contributed by atoms with E-state index in [1.54, 1.807) is 34.8 Å². The zero-order valence-electron chi connectivity index (χ0n) is 19.6. The molecular weight excluding hydrogens is 450 g/mol. The van der Waals surface area contributed by atoms with Gasteiger partial charge in [0.1, 0.15) is 5.69 Å². The van der Waals surface area contributed by atoms with E-state index in [4.69, 9.17) is 11.6 Å². The Bertz CT molecular complexity index is 1260. The zero-order chi connectivity index (χ0) is 24.2. The summed E-state index contributed by atoms with van der Waals surface area (Å²) in [7, 11) is 1.77. The van der Waals surface area contributed by atoms with Crippen LogP contribution in [-0.4, -0.2) is 38.0 Å². The molecule has 1 N–H and O–H groups in total. The van der Waals surface area contributed by atoms with Gasteiger partial charge in [-0.3, -0.25) is 19.3 Å². The highest BCUT2D eigenvalue weighted by Gasteiger charge is 2.23. The van der Waals surface area contributed by atoms with E-state index in [-0.39, 0.29) is 11.8 Å². The van der Waals surface area contributed by atoms with Crippen LogP contribution >= 0.6 is 11.6 Å². The number of rotatable bonds is 6. The lowest BCUT2D eigenvalue weighted by atomic mass is 9.94. The Morgan fingerprint density at radius 1 is 1.26 bits per heavy atom. The Kier molecular flexibility index (Phi) is 7.12. The standard InChI is InChI=1S/C26H28ClN5O2/c1-4-20-13-24(31(3)30-20)26(34)29-15-22-17(2)28-14-19-16-32(12-11-21(19)22)25(33)10-9-18-7-5-6-8-23(18)27/h5-10,13-14H,4,11-12,15-16H2,1-3H3,(H,29,34). The predicted octanol–water partition coefficient (Wildman–Crippen LogP) is 3.87. The van der Waals surface area contributed by atoms with Crippen LogP contribution in [0.15, 0.2) is 42.6 Å². The van der Waals surface area contributed by atoms with Gasteiger partial charge in [0.15, 0.2) is 0 Å². The van der Waals surface area contributed by atoms with E-state index in [1.165, 1.54) is 0 Å². The molecule has 0 radical (unpaired) electrons. The summed E-state index contributed by atoms with van der Waals surface area (Å²) >= 11 is 6.18. The Balaban J connectivity index is 1.45. The van der Waals surface area contributed by atoms with Crippen molar-refractivity contribution in [1.29, 1.82) is 0 Å². The Labute approximate surface area is 204 Å². The van der Waals surface area contributed by atoms with Gasteiger partial charge in [-0.25, -0.2) is 0 Å². The number of fused-ring (bicyclic) bond motifs is 1. The van der Waals surface area contributed by atoms with Crippen molar-refractivity contribution in [2.24, 2.45) is 7.05 Å².